The quantitative estimate of drug-likeness (QED) is 0.614. The second kappa shape index (κ2) is 9.47. The molecule has 0 bridgehead atoms. The van der Waals surface area contributed by atoms with Gasteiger partial charge in [0.05, 0.1) is 0 Å². The van der Waals surface area contributed by atoms with Gasteiger partial charge in [0.25, 0.3) is 0 Å². The van der Waals surface area contributed by atoms with Crippen LogP contribution < -0.4 is 5.32 Å². The molecule has 86 valence electrons. The first-order valence-electron chi connectivity index (χ1n) is 6.15. The van der Waals surface area contributed by atoms with Gasteiger partial charge < -0.3 is 10.2 Å². The fourth-order valence-corrected chi connectivity index (χ4v) is 1.79. The smallest absolute Gasteiger partial charge is 0.0107 e. The molecule has 0 aliphatic heterocycles. The van der Waals surface area contributed by atoms with E-state index in [9.17, 15) is 0 Å². The van der Waals surface area contributed by atoms with Gasteiger partial charge in [-0.05, 0) is 25.9 Å². The maximum Gasteiger partial charge on any atom is 0.0107 e. The van der Waals surface area contributed by atoms with Crippen LogP contribution in [0.1, 0.15) is 40.0 Å². The Morgan fingerprint density at radius 2 is 1.71 bits per heavy atom. The van der Waals surface area contributed by atoms with Crippen LogP contribution in [0.25, 0.3) is 0 Å². The largest absolute Gasteiger partial charge is 0.318 e. The molecule has 0 aliphatic rings. The fourth-order valence-electron chi connectivity index (χ4n) is 1.79. The Bertz CT molecular complexity index is 111. The topological polar surface area (TPSA) is 15.3 Å². The minimum absolute atomic E-state index is 0.887. The Hall–Kier alpha value is -0.0800. The summed E-state index contributed by atoms with van der Waals surface area (Å²) in [6.07, 6.45) is 3.90. The van der Waals surface area contributed by atoms with E-state index in [0.29, 0.717) is 0 Å². The van der Waals surface area contributed by atoms with Crippen molar-refractivity contribution < 1.29 is 0 Å². The van der Waals surface area contributed by atoms with Crippen molar-refractivity contribution in [2.24, 2.45) is 5.92 Å². The number of hydrogen-bond acceptors (Lipinski definition) is 2. The van der Waals surface area contributed by atoms with Gasteiger partial charge in [0.15, 0.2) is 0 Å². The van der Waals surface area contributed by atoms with Crippen molar-refractivity contribution in [3.63, 3.8) is 0 Å². The zero-order valence-corrected chi connectivity index (χ0v) is 10.5. The molecule has 0 radical (unpaired) electrons. The summed E-state index contributed by atoms with van der Waals surface area (Å²) in [5, 5.41) is 3.22. The first-order valence-corrected chi connectivity index (χ1v) is 6.15. The van der Waals surface area contributed by atoms with E-state index in [0.717, 1.165) is 12.5 Å². The highest BCUT2D eigenvalue weighted by molar-refractivity contribution is 4.64. The molecule has 0 saturated carbocycles. The highest BCUT2D eigenvalue weighted by Gasteiger charge is 2.09. The highest BCUT2D eigenvalue weighted by Crippen LogP contribution is 2.09. The average molecular weight is 200 g/mol. The van der Waals surface area contributed by atoms with Gasteiger partial charge in [0.1, 0.15) is 0 Å². The molecule has 0 amide bonds. The fraction of sp³-hybridized carbons (Fsp3) is 1.00. The van der Waals surface area contributed by atoms with Crippen LogP contribution in [0, 0.1) is 5.92 Å². The molecule has 1 N–H and O–H groups in total. The first kappa shape index (κ1) is 13.9. The molecule has 14 heavy (non-hydrogen) atoms. The molecule has 0 atom stereocenters. The lowest BCUT2D eigenvalue weighted by atomic mass is 10.0. The summed E-state index contributed by atoms with van der Waals surface area (Å²) in [6, 6.07) is 0. The van der Waals surface area contributed by atoms with Crippen LogP contribution in [-0.4, -0.2) is 38.1 Å². The van der Waals surface area contributed by atoms with Gasteiger partial charge >= 0.3 is 0 Å². The molecule has 2 heteroatoms. The van der Waals surface area contributed by atoms with Crippen molar-refractivity contribution in [3.8, 4) is 0 Å². The number of hydrogen-bond donors (Lipinski definition) is 1. The summed E-state index contributed by atoms with van der Waals surface area (Å²) in [4.78, 5) is 2.59. The standard InChI is InChI=1S/C12H28N2/c1-5-9-14(10-8-13-4)11-12(6-2)7-3/h12-13H,5-11H2,1-4H3. The molecule has 0 spiro atoms. The zero-order chi connectivity index (χ0) is 10.8. The number of likely N-dealkylation sites (N-methyl/N-ethyl adjacent to an activating group) is 1. The SMILES string of the molecule is CCCN(CCNC)CC(CC)CC. The summed E-state index contributed by atoms with van der Waals surface area (Å²) in [5.41, 5.74) is 0. The van der Waals surface area contributed by atoms with E-state index in [-0.39, 0.29) is 0 Å². The Labute approximate surface area is 90.1 Å². The van der Waals surface area contributed by atoms with Gasteiger partial charge in [0.2, 0.25) is 0 Å². The molecular weight excluding hydrogens is 172 g/mol. The lowest BCUT2D eigenvalue weighted by Gasteiger charge is -2.25. The van der Waals surface area contributed by atoms with Crippen molar-refractivity contribution in [2.75, 3.05) is 33.2 Å². The Morgan fingerprint density at radius 3 is 2.14 bits per heavy atom. The maximum absolute atomic E-state index is 3.22. The molecule has 0 aromatic carbocycles. The third-order valence-electron chi connectivity index (χ3n) is 2.89. The minimum atomic E-state index is 0.887. The summed E-state index contributed by atoms with van der Waals surface area (Å²) < 4.78 is 0. The summed E-state index contributed by atoms with van der Waals surface area (Å²) in [7, 11) is 2.03. The van der Waals surface area contributed by atoms with Crippen molar-refractivity contribution >= 4 is 0 Å². The van der Waals surface area contributed by atoms with Crippen LogP contribution in [-0.2, 0) is 0 Å². The molecule has 2 nitrogen and oxygen atoms in total. The van der Waals surface area contributed by atoms with E-state index in [1.165, 1.54) is 38.9 Å². The average Bonchev–Trinajstić information content (AvgIpc) is 2.22. The molecule has 0 aliphatic carbocycles. The Balaban J connectivity index is 3.80. The zero-order valence-electron chi connectivity index (χ0n) is 10.5. The van der Waals surface area contributed by atoms with Gasteiger partial charge in [0, 0.05) is 19.6 Å². The molecule has 0 aromatic heterocycles. The van der Waals surface area contributed by atoms with E-state index < -0.39 is 0 Å². The number of nitrogens with one attached hydrogen (secondary N) is 1. The molecule has 0 unspecified atom stereocenters. The number of nitrogens with zero attached hydrogens (tertiary/aromatic N) is 1. The van der Waals surface area contributed by atoms with Crippen LogP contribution in [0.4, 0.5) is 0 Å². The molecule has 0 heterocycles. The van der Waals surface area contributed by atoms with E-state index in [1.807, 2.05) is 7.05 Å². The van der Waals surface area contributed by atoms with E-state index >= 15 is 0 Å². The molecule has 0 saturated heterocycles. The van der Waals surface area contributed by atoms with E-state index in [1.54, 1.807) is 0 Å². The van der Waals surface area contributed by atoms with Crippen LogP contribution in [0.5, 0.6) is 0 Å². The maximum atomic E-state index is 3.22. The first-order chi connectivity index (χ1) is 6.78. The van der Waals surface area contributed by atoms with Gasteiger partial charge in [-0.3, -0.25) is 0 Å². The number of rotatable bonds is 9. The summed E-state index contributed by atoms with van der Waals surface area (Å²) >= 11 is 0. The minimum Gasteiger partial charge on any atom is -0.318 e. The molecule has 0 rings (SSSR count). The normalized spacial score (nSPS) is 11.6. The Morgan fingerprint density at radius 1 is 1.07 bits per heavy atom. The van der Waals surface area contributed by atoms with Crippen LogP contribution in [0.15, 0.2) is 0 Å². The van der Waals surface area contributed by atoms with Gasteiger partial charge in [-0.1, -0.05) is 33.6 Å². The van der Waals surface area contributed by atoms with Crippen LogP contribution in [0.2, 0.25) is 0 Å². The van der Waals surface area contributed by atoms with E-state index in [4.69, 9.17) is 0 Å². The third kappa shape index (κ3) is 6.39. The van der Waals surface area contributed by atoms with Crippen LogP contribution >= 0.6 is 0 Å². The second-order valence-corrected chi connectivity index (χ2v) is 4.09. The predicted octanol–water partition coefficient (Wildman–Crippen LogP) is 2.35. The second-order valence-electron chi connectivity index (χ2n) is 4.09. The van der Waals surface area contributed by atoms with Gasteiger partial charge in [-0.2, -0.15) is 0 Å². The van der Waals surface area contributed by atoms with Gasteiger partial charge in [-0.15, -0.1) is 0 Å². The summed E-state index contributed by atoms with van der Waals surface area (Å²) in [6.45, 7) is 11.7. The van der Waals surface area contributed by atoms with Crippen LogP contribution in [0.3, 0.4) is 0 Å². The summed E-state index contributed by atoms with van der Waals surface area (Å²) in [5.74, 6) is 0.887. The Kier molecular flexibility index (Phi) is 9.42. The molecule has 0 aromatic rings. The van der Waals surface area contributed by atoms with Crippen molar-refractivity contribution in [1.29, 1.82) is 0 Å². The highest BCUT2D eigenvalue weighted by atomic mass is 15.1. The lowest BCUT2D eigenvalue weighted by Crippen LogP contribution is -2.35. The monoisotopic (exact) mass is 200 g/mol. The van der Waals surface area contributed by atoms with Gasteiger partial charge in [-0.25, -0.2) is 0 Å². The van der Waals surface area contributed by atoms with E-state index in [2.05, 4.69) is 31.0 Å². The lowest BCUT2D eigenvalue weighted by molar-refractivity contribution is 0.225. The third-order valence-corrected chi connectivity index (χ3v) is 2.89. The van der Waals surface area contributed by atoms with Crippen molar-refractivity contribution in [1.82, 2.24) is 10.2 Å². The van der Waals surface area contributed by atoms with Crippen molar-refractivity contribution in [3.05, 3.63) is 0 Å². The predicted molar refractivity (Wildman–Crippen MR) is 64.7 cm³/mol. The van der Waals surface area contributed by atoms with Crippen molar-refractivity contribution in [2.45, 2.75) is 40.0 Å². The molecular formula is C12H28N2. The molecule has 0 fully saturated rings.